The van der Waals surface area contributed by atoms with Gasteiger partial charge in [-0.25, -0.2) is 0 Å². The van der Waals surface area contributed by atoms with Crippen LogP contribution in [0.2, 0.25) is 0 Å². The molecule has 2 atom stereocenters. The summed E-state index contributed by atoms with van der Waals surface area (Å²) < 4.78 is 5.84. The Morgan fingerprint density at radius 2 is 2.42 bits per heavy atom. The second kappa shape index (κ2) is 5.57. The van der Waals surface area contributed by atoms with Gasteiger partial charge in [-0.1, -0.05) is 0 Å². The molecule has 0 unspecified atom stereocenters. The molecule has 0 saturated carbocycles. The molecular weight excluding hydrogens is 242 g/mol. The topological polar surface area (TPSA) is 54.5 Å². The number of ether oxygens (including phenoxy) is 1. The maximum Gasteiger partial charge on any atom is 0.239 e. The van der Waals surface area contributed by atoms with Crippen molar-refractivity contribution in [3.05, 3.63) is 24.5 Å². The SMILES string of the molecule is O=C([C@@H]1CCCN1)N1CC[C@H](Oc2cccnc2)C1. The fourth-order valence-corrected chi connectivity index (χ4v) is 2.75. The molecule has 5 heteroatoms. The van der Waals surface area contributed by atoms with E-state index in [1.807, 2.05) is 17.0 Å². The zero-order chi connectivity index (χ0) is 13.1. The molecule has 19 heavy (non-hydrogen) atoms. The molecule has 2 saturated heterocycles. The first-order valence-electron chi connectivity index (χ1n) is 6.92. The van der Waals surface area contributed by atoms with Gasteiger partial charge >= 0.3 is 0 Å². The number of nitrogens with one attached hydrogen (secondary N) is 1. The number of pyridine rings is 1. The summed E-state index contributed by atoms with van der Waals surface area (Å²) in [5.74, 6) is 1.01. The molecule has 1 aromatic rings. The van der Waals surface area contributed by atoms with Gasteiger partial charge in [0.15, 0.2) is 0 Å². The predicted molar refractivity (Wildman–Crippen MR) is 70.9 cm³/mol. The molecule has 3 rings (SSSR count). The Kier molecular flexibility index (Phi) is 3.64. The normalized spacial score (nSPS) is 26.6. The van der Waals surface area contributed by atoms with E-state index < -0.39 is 0 Å². The summed E-state index contributed by atoms with van der Waals surface area (Å²) in [4.78, 5) is 18.2. The van der Waals surface area contributed by atoms with Crippen LogP contribution in [0.5, 0.6) is 5.75 Å². The Bertz CT molecular complexity index is 432. The van der Waals surface area contributed by atoms with E-state index in [0.717, 1.165) is 38.1 Å². The maximum absolute atomic E-state index is 12.2. The van der Waals surface area contributed by atoms with Gasteiger partial charge in [-0.2, -0.15) is 0 Å². The largest absolute Gasteiger partial charge is 0.487 e. The minimum Gasteiger partial charge on any atom is -0.487 e. The van der Waals surface area contributed by atoms with Crippen molar-refractivity contribution >= 4 is 5.91 Å². The van der Waals surface area contributed by atoms with E-state index in [4.69, 9.17) is 4.74 Å². The van der Waals surface area contributed by atoms with Crippen LogP contribution in [0, 0.1) is 0 Å². The molecule has 0 aromatic carbocycles. The van der Waals surface area contributed by atoms with Gasteiger partial charge in [-0.05, 0) is 31.5 Å². The third-order valence-corrected chi connectivity index (χ3v) is 3.75. The molecule has 0 spiro atoms. The average molecular weight is 261 g/mol. The first-order chi connectivity index (χ1) is 9.33. The molecule has 0 aliphatic carbocycles. The Balaban J connectivity index is 1.53. The van der Waals surface area contributed by atoms with Crippen LogP contribution in [0.4, 0.5) is 0 Å². The van der Waals surface area contributed by atoms with Crippen molar-refractivity contribution in [1.82, 2.24) is 15.2 Å². The number of carbonyl (C=O) groups is 1. The van der Waals surface area contributed by atoms with Crippen LogP contribution in [0.15, 0.2) is 24.5 Å². The zero-order valence-corrected chi connectivity index (χ0v) is 10.9. The van der Waals surface area contributed by atoms with Crippen molar-refractivity contribution in [2.45, 2.75) is 31.4 Å². The monoisotopic (exact) mass is 261 g/mol. The van der Waals surface area contributed by atoms with Gasteiger partial charge in [0.25, 0.3) is 0 Å². The third-order valence-electron chi connectivity index (χ3n) is 3.75. The molecule has 0 radical (unpaired) electrons. The van der Waals surface area contributed by atoms with Crippen molar-refractivity contribution in [2.24, 2.45) is 0 Å². The Labute approximate surface area is 113 Å². The summed E-state index contributed by atoms with van der Waals surface area (Å²) in [5, 5.41) is 3.26. The van der Waals surface area contributed by atoms with E-state index in [-0.39, 0.29) is 18.1 Å². The van der Waals surface area contributed by atoms with Gasteiger partial charge in [-0.3, -0.25) is 9.78 Å². The summed E-state index contributed by atoms with van der Waals surface area (Å²) in [7, 11) is 0. The van der Waals surface area contributed by atoms with Crippen LogP contribution in [0.1, 0.15) is 19.3 Å². The lowest BCUT2D eigenvalue weighted by molar-refractivity contribution is -0.132. The highest BCUT2D eigenvalue weighted by Crippen LogP contribution is 2.19. The van der Waals surface area contributed by atoms with Crippen LogP contribution in [-0.2, 0) is 4.79 Å². The first kappa shape index (κ1) is 12.4. The van der Waals surface area contributed by atoms with Crippen molar-refractivity contribution in [3.8, 4) is 5.75 Å². The second-order valence-corrected chi connectivity index (χ2v) is 5.15. The van der Waals surface area contributed by atoms with Crippen molar-refractivity contribution < 1.29 is 9.53 Å². The van der Waals surface area contributed by atoms with Gasteiger partial charge < -0.3 is 15.0 Å². The van der Waals surface area contributed by atoms with Gasteiger partial charge in [0.1, 0.15) is 11.9 Å². The Hall–Kier alpha value is -1.62. The van der Waals surface area contributed by atoms with Gasteiger partial charge in [-0.15, -0.1) is 0 Å². The number of hydrogen-bond acceptors (Lipinski definition) is 4. The molecule has 1 amide bonds. The molecule has 1 aromatic heterocycles. The highest BCUT2D eigenvalue weighted by molar-refractivity contribution is 5.82. The lowest BCUT2D eigenvalue weighted by Gasteiger charge is -2.20. The quantitative estimate of drug-likeness (QED) is 0.875. The fourth-order valence-electron chi connectivity index (χ4n) is 2.75. The van der Waals surface area contributed by atoms with Gasteiger partial charge in [0.2, 0.25) is 5.91 Å². The maximum atomic E-state index is 12.2. The van der Waals surface area contributed by atoms with Gasteiger partial charge in [0.05, 0.1) is 18.8 Å². The lowest BCUT2D eigenvalue weighted by Crippen LogP contribution is -2.43. The summed E-state index contributed by atoms with van der Waals surface area (Å²) in [5.41, 5.74) is 0. The van der Waals surface area contributed by atoms with Crippen LogP contribution in [0.25, 0.3) is 0 Å². The molecular formula is C14H19N3O2. The Morgan fingerprint density at radius 1 is 1.47 bits per heavy atom. The molecule has 5 nitrogen and oxygen atoms in total. The highest BCUT2D eigenvalue weighted by atomic mass is 16.5. The van der Waals surface area contributed by atoms with E-state index in [2.05, 4.69) is 10.3 Å². The first-order valence-corrected chi connectivity index (χ1v) is 6.92. The number of nitrogens with zero attached hydrogens (tertiary/aromatic N) is 2. The van der Waals surface area contributed by atoms with E-state index >= 15 is 0 Å². The minimum atomic E-state index is 0.0251. The standard InChI is InChI=1S/C14H19N3O2/c18-14(13-4-2-7-16-13)17-8-5-12(10-17)19-11-3-1-6-15-9-11/h1,3,6,9,12-13,16H,2,4-5,7-8,10H2/t12-,13-/m0/s1. The van der Waals surface area contributed by atoms with Crippen LogP contribution < -0.4 is 10.1 Å². The molecule has 102 valence electrons. The van der Waals surface area contributed by atoms with E-state index in [9.17, 15) is 4.79 Å². The van der Waals surface area contributed by atoms with Crippen LogP contribution in [0.3, 0.4) is 0 Å². The van der Waals surface area contributed by atoms with E-state index in [1.165, 1.54) is 0 Å². The van der Waals surface area contributed by atoms with Crippen LogP contribution in [-0.4, -0.2) is 47.6 Å². The zero-order valence-electron chi connectivity index (χ0n) is 10.9. The Morgan fingerprint density at radius 3 is 3.16 bits per heavy atom. The smallest absolute Gasteiger partial charge is 0.239 e. The molecule has 2 aliphatic heterocycles. The van der Waals surface area contributed by atoms with Gasteiger partial charge in [0, 0.05) is 19.2 Å². The summed E-state index contributed by atoms with van der Waals surface area (Å²) in [6, 6.07) is 3.78. The number of amides is 1. The van der Waals surface area contributed by atoms with E-state index in [0.29, 0.717) is 6.54 Å². The molecule has 3 heterocycles. The minimum absolute atomic E-state index is 0.0251. The predicted octanol–water partition coefficient (Wildman–Crippen LogP) is 0.813. The summed E-state index contributed by atoms with van der Waals surface area (Å²) in [6.45, 7) is 2.44. The molecule has 1 N–H and O–H groups in total. The van der Waals surface area contributed by atoms with E-state index in [1.54, 1.807) is 12.4 Å². The molecule has 0 bridgehead atoms. The summed E-state index contributed by atoms with van der Waals surface area (Å²) >= 11 is 0. The third kappa shape index (κ3) is 2.87. The number of rotatable bonds is 3. The number of aromatic nitrogens is 1. The lowest BCUT2D eigenvalue weighted by atomic mass is 10.2. The van der Waals surface area contributed by atoms with Crippen LogP contribution >= 0.6 is 0 Å². The van der Waals surface area contributed by atoms with Crippen molar-refractivity contribution in [2.75, 3.05) is 19.6 Å². The molecule has 2 fully saturated rings. The number of hydrogen-bond donors (Lipinski definition) is 1. The summed E-state index contributed by atoms with van der Waals surface area (Å²) in [6.07, 6.45) is 6.48. The van der Waals surface area contributed by atoms with Crippen molar-refractivity contribution in [3.63, 3.8) is 0 Å². The highest BCUT2D eigenvalue weighted by Gasteiger charge is 2.32. The number of likely N-dealkylation sites (tertiary alicyclic amines) is 1. The molecule has 2 aliphatic rings. The van der Waals surface area contributed by atoms with Crippen molar-refractivity contribution in [1.29, 1.82) is 0 Å². The fraction of sp³-hybridized carbons (Fsp3) is 0.571. The number of carbonyl (C=O) groups excluding carboxylic acids is 1. The average Bonchev–Trinajstić information content (AvgIpc) is 3.10. The second-order valence-electron chi connectivity index (χ2n) is 5.15.